The lowest BCUT2D eigenvalue weighted by Crippen LogP contribution is -2.25. The van der Waals surface area contributed by atoms with E-state index in [1.807, 2.05) is 6.92 Å². The van der Waals surface area contributed by atoms with Crippen molar-refractivity contribution in [3.63, 3.8) is 0 Å². The summed E-state index contributed by atoms with van der Waals surface area (Å²) in [5.41, 5.74) is -4.14. The van der Waals surface area contributed by atoms with Gasteiger partial charge in [0.2, 0.25) is 0 Å². The van der Waals surface area contributed by atoms with E-state index in [1.165, 1.54) is 0 Å². The Morgan fingerprint density at radius 1 is 1.14 bits per heavy atom. The molecule has 0 saturated heterocycles. The highest BCUT2D eigenvalue weighted by Gasteiger charge is 2.31. The Bertz CT molecular complexity index is 149. The molecule has 0 bridgehead atoms. The van der Waals surface area contributed by atoms with E-state index in [4.69, 9.17) is 0 Å². The standard InChI is InChI=1S/C8H13Br2F3S/c1-2-7(5-9,6-10)3-4-14-8(11,12)13/h2-6H2,1H3. The van der Waals surface area contributed by atoms with Crippen molar-refractivity contribution in [2.45, 2.75) is 25.3 Å². The summed E-state index contributed by atoms with van der Waals surface area (Å²) in [4.78, 5) is 0. The number of rotatable bonds is 6. The first-order valence-corrected chi connectivity index (χ1v) is 7.44. The average Bonchev–Trinajstić information content (AvgIpc) is 2.11. The van der Waals surface area contributed by atoms with Crippen LogP contribution in [-0.4, -0.2) is 21.9 Å². The molecular formula is C8H13Br2F3S. The van der Waals surface area contributed by atoms with Gasteiger partial charge in [-0.05, 0) is 18.3 Å². The number of alkyl halides is 5. The van der Waals surface area contributed by atoms with Crippen LogP contribution in [0.5, 0.6) is 0 Å². The topological polar surface area (TPSA) is 0 Å². The molecule has 0 atom stereocenters. The van der Waals surface area contributed by atoms with E-state index >= 15 is 0 Å². The van der Waals surface area contributed by atoms with Gasteiger partial charge in [-0.25, -0.2) is 0 Å². The molecule has 0 unspecified atom stereocenters. The van der Waals surface area contributed by atoms with Gasteiger partial charge in [-0.15, -0.1) is 0 Å². The van der Waals surface area contributed by atoms with Gasteiger partial charge in [0, 0.05) is 16.4 Å². The summed E-state index contributed by atoms with van der Waals surface area (Å²) in [5, 5.41) is 1.47. The van der Waals surface area contributed by atoms with Crippen LogP contribution in [0.2, 0.25) is 0 Å². The van der Waals surface area contributed by atoms with Crippen LogP contribution in [0.25, 0.3) is 0 Å². The number of hydrogen-bond donors (Lipinski definition) is 0. The van der Waals surface area contributed by atoms with Gasteiger partial charge < -0.3 is 0 Å². The fourth-order valence-electron chi connectivity index (χ4n) is 0.918. The van der Waals surface area contributed by atoms with Crippen molar-refractivity contribution < 1.29 is 13.2 Å². The Morgan fingerprint density at radius 3 is 1.93 bits per heavy atom. The molecule has 0 aromatic carbocycles. The fraction of sp³-hybridized carbons (Fsp3) is 1.00. The molecule has 0 aliphatic rings. The smallest absolute Gasteiger partial charge is 0.160 e. The first kappa shape index (κ1) is 15.1. The lowest BCUT2D eigenvalue weighted by Gasteiger charge is -2.28. The first-order chi connectivity index (χ1) is 6.39. The van der Waals surface area contributed by atoms with Crippen LogP contribution >= 0.6 is 43.6 Å². The maximum atomic E-state index is 11.9. The molecule has 0 spiro atoms. The number of hydrogen-bond acceptors (Lipinski definition) is 1. The Labute approximate surface area is 104 Å². The highest BCUT2D eigenvalue weighted by molar-refractivity contribution is 9.09. The van der Waals surface area contributed by atoms with Crippen molar-refractivity contribution in [2.24, 2.45) is 5.41 Å². The Hall–Kier alpha value is 1.10. The minimum absolute atomic E-state index is 0.0434. The van der Waals surface area contributed by atoms with Crippen molar-refractivity contribution in [3.05, 3.63) is 0 Å². The summed E-state index contributed by atoms with van der Waals surface area (Å²) in [6.45, 7) is 2.00. The zero-order valence-corrected chi connectivity index (χ0v) is 11.8. The van der Waals surface area contributed by atoms with E-state index in [0.717, 1.165) is 17.1 Å². The number of thioether (sulfide) groups is 1. The summed E-state index contributed by atoms with van der Waals surface area (Å²) < 4.78 is 35.6. The highest BCUT2D eigenvalue weighted by atomic mass is 79.9. The molecule has 86 valence electrons. The molecule has 0 radical (unpaired) electrons. The lowest BCUT2D eigenvalue weighted by molar-refractivity contribution is -0.0328. The third-order valence-electron chi connectivity index (χ3n) is 2.22. The first-order valence-electron chi connectivity index (χ1n) is 4.22. The van der Waals surface area contributed by atoms with Crippen LogP contribution in [0.3, 0.4) is 0 Å². The van der Waals surface area contributed by atoms with Crippen LogP contribution in [0.1, 0.15) is 19.8 Å². The van der Waals surface area contributed by atoms with Gasteiger partial charge in [0.1, 0.15) is 0 Å². The van der Waals surface area contributed by atoms with E-state index in [9.17, 15) is 13.2 Å². The quantitative estimate of drug-likeness (QED) is 0.614. The molecule has 0 nitrogen and oxygen atoms in total. The van der Waals surface area contributed by atoms with Crippen LogP contribution < -0.4 is 0 Å². The number of halogens is 5. The molecule has 0 amide bonds. The molecule has 0 aromatic rings. The predicted octanol–water partition coefficient (Wildman–Crippen LogP) is 4.82. The molecule has 0 fully saturated rings. The molecule has 0 N–H and O–H groups in total. The summed E-state index contributed by atoms with van der Waals surface area (Å²) >= 11 is 6.77. The normalized spacial score (nSPS) is 13.3. The molecule has 14 heavy (non-hydrogen) atoms. The van der Waals surface area contributed by atoms with E-state index in [2.05, 4.69) is 31.9 Å². The van der Waals surface area contributed by atoms with Crippen molar-refractivity contribution >= 4 is 43.6 Å². The van der Waals surface area contributed by atoms with Gasteiger partial charge in [0.05, 0.1) is 0 Å². The van der Waals surface area contributed by atoms with E-state index in [-0.39, 0.29) is 22.9 Å². The van der Waals surface area contributed by atoms with Crippen molar-refractivity contribution in [1.29, 1.82) is 0 Å². The summed E-state index contributed by atoms with van der Waals surface area (Å²) in [5.74, 6) is 0.133. The molecular weight excluding hydrogens is 345 g/mol. The van der Waals surface area contributed by atoms with Crippen LogP contribution in [0, 0.1) is 5.41 Å². The Kier molecular flexibility index (Phi) is 7.15. The minimum Gasteiger partial charge on any atom is -0.160 e. The molecule has 0 aliphatic carbocycles. The van der Waals surface area contributed by atoms with Crippen LogP contribution in [0.4, 0.5) is 13.2 Å². The monoisotopic (exact) mass is 356 g/mol. The molecule has 0 saturated carbocycles. The van der Waals surface area contributed by atoms with Gasteiger partial charge in [0.15, 0.2) is 0 Å². The second-order valence-electron chi connectivity index (χ2n) is 3.17. The third-order valence-corrected chi connectivity index (χ3v) is 5.33. The molecule has 6 heteroatoms. The maximum Gasteiger partial charge on any atom is 0.441 e. The molecule has 0 aromatic heterocycles. The molecule has 0 aliphatic heterocycles. The van der Waals surface area contributed by atoms with Gasteiger partial charge in [0.25, 0.3) is 0 Å². The highest BCUT2D eigenvalue weighted by Crippen LogP contribution is 2.37. The van der Waals surface area contributed by atoms with Crippen molar-refractivity contribution in [2.75, 3.05) is 16.4 Å². The van der Waals surface area contributed by atoms with E-state index in [1.54, 1.807) is 0 Å². The second kappa shape index (κ2) is 6.63. The molecule has 0 heterocycles. The van der Waals surface area contributed by atoms with Crippen LogP contribution in [-0.2, 0) is 0 Å². The summed E-state index contributed by atoms with van der Waals surface area (Å²) in [7, 11) is 0. The van der Waals surface area contributed by atoms with Crippen LogP contribution in [0.15, 0.2) is 0 Å². The van der Waals surface area contributed by atoms with E-state index in [0.29, 0.717) is 6.42 Å². The van der Waals surface area contributed by atoms with Crippen molar-refractivity contribution in [1.82, 2.24) is 0 Å². The molecule has 0 rings (SSSR count). The zero-order chi connectivity index (χ0) is 11.2. The average molecular weight is 358 g/mol. The minimum atomic E-state index is -4.10. The van der Waals surface area contributed by atoms with E-state index < -0.39 is 5.51 Å². The van der Waals surface area contributed by atoms with Gasteiger partial charge in [-0.2, -0.15) is 13.2 Å². The van der Waals surface area contributed by atoms with Gasteiger partial charge in [-0.1, -0.05) is 50.5 Å². The van der Waals surface area contributed by atoms with Gasteiger partial charge in [-0.3, -0.25) is 0 Å². The van der Waals surface area contributed by atoms with Gasteiger partial charge >= 0.3 is 5.51 Å². The summed E-state index contributed by atoms with van der Waals surface area (Å²) in [6, 6.07) is 0. The predicted molar refractivity (Wildman–Crippen MR) is 63.4 cm³/mol. The Morgan fingerprint density at radius 2 is 1.64 bits per heavy atom. The third kappa shape index (κ3) is 5.85. The maximum absolute atomic E-state index is 11.9. The Balaban J connectivity index is 3.95. The largest absolute Gasteiger partial charge is 0.441 e. The lowest BCUT2D eigenvalue weighted by atomic mass is 9.87. The zero-order valence-electron chi connectivity index (χ0n) is 7.83. The van der Waals surface area contributed by atoms with Crippen molar-refractivity contribution in [3.8, 4) is 0 Å². The second-order valence-corrected chi connectivity index (χ2v) is 5.45. The summed E-state index contributed by atoms with van der Waals surface area (Å²) in [6.07, 6.45) is 1.45. The SMILES string of the molecule is CCC(CBr)(CBr)CCSC(F)(F)F. The fourth-order valence-corrected chi connectivity index (χ4v) is 3.97.